The summed E-state index contributed by atoms with van der Waals surface area (Å²) in [5.74, 6) is 0. The van der Waals surface area contributed by atoms with Gasteiger partial charge in [0, 0.05) is 0 Å². The Kier molecular flexibility index (Phi) is 13.1. The molecule has 1 aromatic carbocycles. The number of unbranched alkanes of at least 4 members (excludes halogenated alkanes) is 6. The molecule has 0 atom stereocenters. The lowest BCUT2D eigenvalue weighted by Gasteiger charge is -1.96. The van der Waals surface area contributed by atoms with Gasteiger partial charge in [0.15, 0.2) is 0 Å². The Hall–Kier alpha value is -1.04. The van der Waals surface area contributed by atoms with E-state index in [1.807, 2.05) is 42.5 Å². The Labute approximate surface area is 101 Å². The van der Waals surface area contributed by atoms with Crippen LogP contribution in [0.25, 0.3) is 0 Å². The van der Waals surface area contributed by atoms with Gasteiger partial charge in [0.1, 0.15) is 0 Å². The van der Waals surface area contributed by atoms with Gasteiger partial charge < -0.3 is 0 Å². The molecule has 0 aliphatic rings. The number of benzene rings is 1. The molecule has 1 aromatic rings. The second-order valence-corrected chi connectivity index (χ2v) is 4.00. The zero-order valence-corrected chi connectivity index (χ0v) is 10.7. The lowest BCUT2D eigenvalue weighted by molar-refractivity contribution is 0.611. The lowest BCUT2D eigenvalue weighted by Crippen LogP contribution is -1.76. The van der Waals surface area contributed by atoms with E-state index in [-0.39, 0.29) is 0 Å². The van der Waals surface area contributed by atoms with Gasteiger partial charge in [-0.15, -0.1) is 6.58 Å². The fourth-order valence-electron chi connectivity index (χ4n) is 1.45. The molecule has 1 rings (SSSR count). The minimum absolute atomic E-state index is 1.20. The molecule has 0 heteroatoms. The summed E-state index contributed by atoms with van der Waals surface area (Å²) in [7, 11) is 0. The molecule has 0 aromatic heterocycles. The number of allylic oxidation sites excluding steroid dienone is 1. The molecule has 0 nitrogen and oxygen atoms in total. The SMILES string of the molecule is C=CCCCCCCCC.c1ccccc1. The summed E-state index contributed by atoms with van der Waals surface area (Å²) in [6.45, 7) is 5.95. The van der Waals surface area contributed by atoms with Crippen LogP contribution in [0.15, 0.2) is 49.1 Å². The number of hydrogen-bond donors (Lipinski definition) is 0. The van der Waals surface area contributed by atoms with Gasteiger partial charge in [-0.05, 0) is 12.8 Å². The van der Waals surface area contributed by atoms with Crippen LogP contribution in [0.3, 0.4) is 0 Å². The molecular formula is C16H26. The third kappa shape index (κ3) is 13.0. The van der Waals surface area contributed by atoms with Crippen molar-refractivity contribution in [3.05, 3.63) is 49.1 Å². The van der Waals surface area contributed by atoms with E-state index in [9.17, 15) is 0 Å². The second-order valence-electron chi connectivity index (χ2n) is 4.00. The maximum atomic E-state index is 3.69. The minimum Gasteiger partial charge on any atom is -0.103 e. The first kappa shape index (κ1) is 15.0. The molecule has 16 heavy (non-hydrogen) atoms. The highest BCUT2D eigenvalue weighted by Crippen LogP contribution is 2.06. The Morgan fingerprint density at radius 1 is 0.750 bits per heavy atom. The summed E-state index contributed by atoms with van der Waals surface area (Å²) in [4.78, 5) is 0. The Morgan fingerprint density at radius 2 is 1.19 bits per heavy atom. The normalized spacial score (nSPS) is 9.06. The second kappa shape index (κ2) is 14.0. The molecule has 0 bridgehead atoms. The topological polar surface area (TPSA) is 0 Å². The van der Waals surface area contributed by atoms with Gasteiger partial charge >= 0.3 is 0 Å². The third-order valence-corrected chi connectivity index (χ3v) is 2.43. The molecule has 0 saturated carbocycles. The number of rotatable bonds is 7. The van der Waals surface area contributed by atoms with Crippen LogP contribution in [0.4, 0.5) is 0 Å². The van der Waals surface area contributed by atoms with Gasteiger partial charge in [-0.25, -0.2) is 0 Å². The van der Waals surface area contributed by atoms with Crippen molar-refractivity contribution < 1.29 is 0 Å². The van der Waals surface area contributed by atoms with Crippen LogP contribution in [-0.4, -0.2) is 0 Å². The van der Waals surface area contributed by atoms with Crippen molar-refractivity contribution in [1.29, 1.82) is 0 Å². The van der Waals surface area contributed by atoms with Crippen LogP contribution in [0.2, 0.25) is 0 Å². The number of hydrogen-bond acceptors (Lipinski definition) is 0. The van der Waals surface area contributed by atoms with Crippen LogP contribution in [-0.2, 0) is 0 Å². The van der Waals surface area contributed by atoms with E-state index in [0.29, 0.717) is 0 Å². The lowest BCUT2D eigenvalue weighted by atomic mass is 10.1. The summed E-state index contributed by atoms with van der Waals surface area (Å²) in [5, 5.41) is 0. The van der Waals surface area contributed by atoms with Crippen LogP contribution >= 0.6 is 0 Å². The van der Waals surface area contributed by atoms with Crippen molar-refractivity contribution in [1.82, 2.24) is 0 Å². The molecule has 0 aliphatic heterocycles. The van der Waals surface area contributed by atoms with Crippen molar-refractivity contribution in [2.45, 2.75) is 51.9 Å². The first-order chi connectivity index (χ1) is 7.91. The first-order valence-corrected chi connectivity index (χ1v) is 6.52. The predicted octanol–water partition coefficient (Wildman–Crippen LogP) is 5.61. The third-order valence-electron chi connectivity index (χ3n) is 2.43. The van der Waals surface area contributed by atoms with Gasteiger partial charge in [-0.2, -0.15) is 0 Å². The highest BCUT2D eigenvalue weighted by Gasteiger charge is 1.86. The summed E-state index contributed by atoms with van der Waals surface area (Å²) in [6, 6.07) is 12.0. The molecule has 0 saturated heterocycles. The zero-order valence-electron chi connectivity index (χ0n) is 10.7. The van der Waals surface area contributed by atoms with E-state index >= 15 is 0 Å². The first-order valence-electron chi connectivity index (χ1n) is 6.52. The maximum absolute atomic E-state index is 3.69. The summed E-state index contributed by atoms with van der Waals surface area (Å²) in [6.07, 6.45) is 11.6. The summed E-state index contributed by atoms with van der Waals surface area (Å²) in [5.41, 5.74) is 0. The molecule has 0 aliphatic carbocycles. The van der Waals surface area contributed by atoms with E-state index in [1.54, 1.807) is 0 Å². The summed E-state index contributed by atoms with van der Waals surface area (Å²) < 4.78 is 0. The fraction of sp³-hybridized carbons (Fsp3) is 0.500. The predicted molar refractivity (Wildman–Crippen MR) is 74.6 cm³/mol. The van der Waals surface area contributed by atoms with Gasteiger partial charge in [0.05, 0.1) is 0 Å². The highest BCUT2D eigenvalue weighted by molar-refractivity contribution is 4.99. The molecule has 0 radical (unpaired) electrons. The smallest absolute Gasteiger partial charge is 0.0353 e. The molecule has 0 N–H and O–H groups in total. The van der Waals surface area contributed by atoms with Crippen molar-refractivity contribution in [2.24, 2.45) is 0 Å². The van der Waals surface area contributed by atoms with E-state index < -0.39 is 0 Å². The van der Waals surface area contributed by atoms with E-state index in [0.717, 1.165) is 0 Å². The average Bonchev–Trinajstić information content (AvgIpc) is 2.37. The highest BCUT2D eigenvalue weighted by atomic mass is 13.9. The molecular weight excluding hydrogens is 192 g/mol. The van der Waals surface area contributed by atoms with Crippen LogP contribution in [0.5, 0.6) is 0 Å². The largest absolute Gasteiger partial charge is 0.103 e. The Bertz CT molecular complexity index is 186. The average molecular weight is 218 g/mol. The van der Waals surface area contributed by atoms with Gasteiger partial charge in [0.25, 0.3) is 0 Å². The van der Waals surface area contributed by atoms with Crippen molar-refractivity contribution in [3.63, 3.8) is 0 Å². The van der Waals surface area contributed by atoms with Crippen molar-refractivity contribution in [3.8, 4) is 0 Å². The Balaban J connectivity index is 0.000000315. The van der Waals surface area contributed by atoms with Gasteiger partial charge in [-0.3, -0.25) is 0 Å². The quantitative estimate of drug-likeness (QED) is 0.412. The minimum atomic E-state index is 1.20. The van der Waals surface area contributed by atoms with Gasteiger partial charge in [0.2, 0.25) is 0 Å². The molecule has 0 unspecified atom stereocenters. The van der Waals surface area contributed by atoms with Crippen LogP contribution in [0, 0.1) is 0 Å². The van der Waals surface area contributed by atoms with Crippen LogP contribution < -0.4 is 0 Å². The maximum Gasteiger partial charge on any atom is -0.0353 e. The van der Waals surface area contributed by atoms with E-state index in [4.69, 9.17) is 0 Å². The molecule has 0 heterocycles. The molecule has 0 amide bonds. The Morgan fingerprint density at radius 3 is 1.62 bits per heavy atom. The van der Waals surface area contributed by atoms with Crippen molar-refractivity contribution in [2.75, 3.05) is 0 Å². The fourth-order valence-corrected chi connectivity index (χ4v) is 1.45. The summed E-state index contributed by atoms with van der Waals surface area (Å²) >= 11 is 0. The zero-order chi connectivity index (χ0) is 11.9. The van der Waals surface area contributed by atoms with E-state index in [1.165, 1.54) is 44.9 Å². The monoisotopic (exact) mass is 218 g/mol. The van der Waals surface area contributed by atoms with Crippen molar-refractivity contribution >= 4 is 0 Å². The van der Waals surface area contributed by atoms with Crippen LogP contribution in [0.1, 0.15) is 51.9 Å². The van der Waals surface area contributed by atoms with Gasteiger partial charge in [-0.1, -0.05) is 81.5 Å². The molecule has 0 spiro atoms. The standard InChI is InChI=1S/C10H20.C6H6/c1-3-5-7-9-10-8-6-4-2;1-2-4-6-5-3-1/h3H,1,4-10H2,2H3;1-6H. The molecule has 0 fully saturated rings. The molecule has 90 valence electrons. The van der Waals surface area contributed by atoms with E-state index in [2.05, 4.69) is 13.5 Å².